The first kappa shape index (κ1) is 13.6. The summed E-state index contributed by atoms with van der Waals surface area (Å²) >= 11 is 0. The van der Waals surface area contributed by atoms with E-state index in [0.717, 1.165) is 11.1 Å². The number of oxime groups is 1. The zero-order chi connectivity index (χ0) is 14.4. The highest BCUT2D eigenvalue weighted by Crippen LogP contribution is 2.21. The molecule has 0 amide bonds. The van der Waals surface area contributed by atoms with Crippen LogP contribution in [-0.4, -0.2) is 10.9 Å². The van der Waals surface area contributed by atoms with Crippen molar-refractivity contribution in [3.8, 4) is 11.8 Å². The monoisotopic (exact) mass is 266 g/mol. The minimum absolute atomic E-state index is 0.0645. The van der Waals surface area contributed by atoms with Crippen LogP contribution in [0.1, 0.15) is 16.7 Å². The third kappa shape index (κ3) is 2.96. The maximum Gasteiger partial charge on any atom is 0.190 e. The summed E-state index contributed by atoms with van der Waals surface area (Å²) < 4.78 is 5.75. The molecule has 0 radical (unpaired) electrons. The summed E-state index contributed by atoms with van der Waals surface area (Å²) in [6, 6.07) is 16.8. The minimum Gasteiger partial charge on any atom is -0.488 e. The van der Waals surface area contributed by atoms with Crippen molar-refractivity contribution in [2.75, 3.05) is 0 Å². The first-order valence-corrected chi connectivity index (χ1v) is 6.15. The number of hydrogen-bond acceptors (Lipinski definition) is 4. The van der Waals surface area contributed by atoms with Gasteiger partial charge in [-0.2, -0.15) is 5.26 Å². The van der Waals surface area contributed by atoms with Crippen molar-refractivity contribution in [3.63, 3.8) is 0 Å². The van der Waals surface area contributed by atoms with E-state index in [0.29, 0.717) is 17.9 Å². The summed E-state index contributed by atoms with van der Waals surface area (Å²) in [5.74, 6) is 0.519. The van der Waals surface area contributed by atoms with Crippen LogP contribution in [0.5, 0.6) is 5.75 Å². The second-order valence-electron chi connectivity index (χ2n) is 4.27. The van der Waals surface area contributed by atoms with E-state index in [9.17, 15) is 0 Å². The number of hydrogen-bond donors (Lipinski definition) is 1. The van der Waals surface area contributed by atoms with Gasteiger partial charge in [-0.25, -0.2) is 0 Å². The molecule has 0 fully saturated rings. The van der Waals surface area contributed by atoms with Gasteiger partial charge in [0.2, 0.25) is 0 Å². The molecule has 0 aromatic heterocycles. The summed E-state index contributed by atoms with van der Waals surface area (Å²) in [5.41, 5.74) is 2.62. The van der Waals surface area contributed by atoms with E-state index < -0.39 is 0 Å². The Kier molecular flexibility index (Phi) is 4.35. The van der Waals surface area contributed by atoms with Gasteiger partial charge >= 0.3 is 0 Å². The smallest absolute Gasteiger partial charge is 0.190 e. The number of nitrogens with zero attached hydrogens (tertiary/aromatic N) is 2. The van der Waals surface area contributed by atoms with E-state index in [-0.39, 0.29) is 5.71 Å². The lowest BCUT2D eigenvalue weighted by Crippen LogP contribution is -2.04. The van der Waals surface area contributed by atoms with E-state index in [1.165, 1.54) is 0 Å². The highest BCUT2D eigenvalue weighted by Gasteiger charge is 2.10. The van der Waals surface area contributed by atoms with Gasteiger partial charge in [-0.1, -0.05) is 41.6 Å². The molecule has 0 spiro atoms. The molecule has 0 aliphatic heterocycles. The SMILES string of the molecule is Cc1ccccc1COc1ccccc1C(C#N)=NO. The van der Waals surface area contributed by atoms with Crippen LogP contribution in [-0.2, 0) is 6.61 Å². The average Bonchev–Trinajstić information content (AvgIpc) is 2.49. The van der Waals surface area contributed by atoms with Crippen molar-refractivity contribution < 1.29 is 9.94 Å². The van der Waals surface area contributed by atoms with E-state index >= 15 is 0 Å². The Hall–Kier alpha value is -2.80. The van der Waals surface area contributed by atoms with E-state index in [1.807, 2.05) is 43.3 Å². The molecule has 4 nitrogen and oxygen atoms in total. The third-order valence-corrected chi connectivity index (χ3v) is 2.99. The molecule has 0 bridgehead atoms. The van der Waals surface area contributed by atoms with Crippen LogP contribution in [0.4, 0.5) is 0 Å². The maximum absolute atomic E-state index is 8.94. The molecule has 4 heteroatoms. The summed E-state index contributed by atoms with van der Waals surface area (Å²) in [6.45, 7) is 2.41. The average molecular weight is 266 g/mol. The van der Waals surface area contributed by atoms with E-state index in [1.54, 1.807) is 18.2 Å². The topological polar surface area (TPSA) is 65.6 Å². The summed E-state index contributed by atoms with van der Waals surface area (Å²) in [6.07, 6.45) is 0. The largest absolute Gasteiger partial charge is 0.488 e. The molecule has 0 aliphatic rings. The number of ether oxygens (including phenoxy) is 1. The van der Waals surface area contributed by atoms with Gasteiger partial charge in [-0.15, -0.1) is 0 Å². The van der Waals surface area contributed by atoms with Gasteiger partial charge in [-0.05, 0) is 30.2 Å². The Bertz CT molecular complexity index is 672. The van der Waals surface area contributed by atoms with Crippen molar-refractivity contribution in [1.82, 2.24) is 0 Å². The molecule has 0 saturated heterocycles. The van der Waals surface area contributed by atoms with Crippen LogP contribution in [0.25, 0.3) is 0 Å². The highest BCUT2D eigenvalue weighted by molar-refractivity contribution is 6.12. The standard InChI is InChI=1S/C16H14N2O2/c1-12-6-2-3-7-13(12)11-20-16-9-5-4-8-14(16)15(10-17)18-19/h2-9,19H,11H2,1H3. The molecule has 2 rings (SSSR count). The Balaban J connectivity index is 2.23. The Morgan fingerprint density at radius 2 is 1.90 bits per heavy atom. The quantitative estimate of drug-likeness (QED) is 0.524. The lowest BCUT2D eigenvalue weighted by molar-refractivity contribution is 0.303. The predicted octanol–water partition coefficient (Wildman–Crippen LogP) is 3.28. The zero-order valence-electron chi connectivity index (χ0n) is 11.1. The molecular formula is C16H14N2O2. The number of rotatable bonds is 4. The summed E-state index contributed by atoms with van der Waals surface area (Å²) in [7, 11) is 0. The molecule has 0 aliphatic carbocycles. The fraction of sp³-hybridized carbons (Fsp3) is 0.125. The fourth-order valence-corrected chi connectivity index (χ4v) is 1.85. The van der Waals surface area contributed by atoms with Crippen molar-refractivity contribution in [3.05, 3.63) is 65.2 Å². The molecule has 0 unspecified atom stereocenters. The zero-order valence-corrected chi connectivity index (χ0v) is 11.1. The number of aryl methyl sites for hydroxylation is 1. The molecule has 2 aromatic rings. The van der Waals surface area contributed by atoms with Crippen molar-refractivity contribution in [2.45, 2.75) is 13.5 Å². The molecule has 100 valence electrons. The first-order chi connectivity index (χ1) is 9.76. The van der Waals surface area contributed by atoms with Crippen molar-refractivity contribution in [1.29, 1.82) is 5.26 Å². The Morgan fingerprint density at radius 3 is 2.60 bits per heavy atom. The van der Waals surface area contributed by atoms with Crippen LogP contribution >= 0.6 is 0 Å². The summed E-state index contributed by atoms with van der Waals surface area (Å²) in [5, 5.41) is 20.8. The van der Waals surface area contributed by atoms with Crippen LogP contribution in [0.15, 0.2) is 53.7 Å². The number of benzene rings is 2. The lowest BCUT2D eigenvalue weighted by atomic mass is 10.1. The lowest BCUT2D eigenvalue weighted by Gasteiger charge is -2.11. The Morgan fingerprint density at radius 1 is 1.20 bits per heavy atom. The van der Waals surface area contributed by atoms with Gasteiger partial charge in [0.25, 0.3) is 0 Å². The molecular weight excluding hydrogens is 252 g/mol. The van der Waals surface area contributed by atoms with Gasteiger partial charge in [0.1, 0.15) is 18.4 Å². The fourth-order valence-electron chi connectivity index (χ4n) is 1.85. The predicted molar refractivity (Wildman–Crippen MR) is 75.9 cm³/mol. The normalized spacial score (nSPS) is 10.9. The van der Waals surface area contributed by atoms with Gasteiger partial charge < -0.3 is 9.94 Å². The molecule has 1 N–H and O–H groups in total. The van der Waals surface area contributed by atoms with Gasteiger partial charge in [0.05, 0.1) is 5.56 Å². The van der Waals surface area contributed by atoms with Crippen molar-refractivity contribution >= 4 is 5.71 Å². The molecule has 0 atom stereocenters. The van der Waals surface area contributed by atoms with Crippen LogP contribution in [0.2, 0.25) is 0 Å². The van der Waals surface area contributed by atoms with Crippen molar-refractivity contribution in [2.24, 2.45) is 5.16 Å². The van der Waals surface area contributed by atoms with Gasteiger partial charge in [-0.3, -0.25) is 0 Å². The number of nitriles is 1. The van der Waals surface area contributed by atoms with E-state index in [4.69, 9.17) is 15.2 Å². The Labute approximate surface area is 117 Å². The molecule has 0 heterocycles. The summed E-state index contributed by atoms with van der Waals surface area (Å²) in [4.78, 5) is 0. The van der Waals surface area contributed by atoms with Crippen LogP contribution in [0, 0.1) is 18.3 Å². The van der Waals surface area contributed by atoms with Gasteiger partial charge in [0.15, 0.2) is 5.71 Å². The van der Waals surface area contributed by atoms with Gasteiger partial charge in [0, 0.05) is 0 Å². The maximum atomic E-state index is 8.94. The molecule has 20 heavy (non-hydrogen) atoms. The molecule has 0 saturated carbocycles. The first-order valence-electron chi connectivity index (χ1n) is 6.15. The number of para-hydroxylation sites is 1. The molecule has 2 aromatic carbocycles. The highest BCUT2D eigenvalue weighted by atomic mass is 16.5. The minimum atomic E-state index is -0.0645. The van der Waals surface area contributed by atoms with Crippen LogP contribution < -0.4 is 4.74 Å². The third-order valence-electron chi connectivity index (χ3n) is 2.99. The second kappa shape index (κ2) is 6.39. The van der Waals surface area contributed by atoms with E-state index in [2.05, 4.69) is 5.16 Å². The van der Waals surface area contributed by atoms with Crippen LogP contribution in [0.3, 0.4) is 0 Å². The second-order valence-corrected chi connectivity index (χ2v) is 4.27.